The number of ketones is 1. The minimum atomic E-state index is -0.697. The lowest BCUT2D eigenvalue weighted by atomic mass is 10.1. The summed E-state index contributed by atoms with van der Waals surface area (Å²) in [4.78, 5) is 25.9. The van der Waals surface area contributed by atoms with Crippen molar-refractivity contribution in [2.24, 2.45) is 0 Å². The molecule has 0 saturated carbocycles. The van der Waals surface area contributed by atoms with Crippen LogP contribution in [0.1, 0.15) is 31.1 Å². The van der Waals surface area contributed by atoms with E-state index in [0.29, 0.717) is 23.6 Å². The SMILES string of the molecule is CCN(C(=O)[C@@H](C)Oc1ccc(C(C)=O)cc1OC)c1ccccc1. The molecule has 2 aromatic rings. The Kier molecular flexibility index (Phi) is 6.17. The molecule has 5 heteroatoms. The molecule has 25 heavy (non-hydrogen) atoms. The standard InChI is InChI=1S/C20H23NO4/c1-5-21(17-9-7-6-8-10-17)20(23)15(3)25-18-12-11-16(14(2)22)13-19(18)24-4/h6-13,15H,5H2,1-4H3/t15-/m1/s1. The number of Topliss-reactive ketones (excluding diaryl/α,β-unsaturated/α-hetero) is 1. The fourth-order valence-corrected chi connectivity index (χ4v) is 2.52. The average Bonchev–Trinajstić information content (AvgIpc) is 2.63. The number of benzene rings is 2. The molecule has 0 fully saturated rings. The van der Waals surface area contributed by atoms with Gasteiger partial charge in [-0.05, 0) is 51.1 Å². The fraction of sp³-hybridized carbons (Fsp3) is 0.300. The molecule has 0 spiro atoms. The number of likely N-dealkylation sites (N-methyl/N-ethyl adjacent to an activating group) is 1. The molecule has 0 N–H and O–H groups in total. The summed E-state index contributed by atoms with van der Waals surface area (Å²) in [5.74, 6) is 0.647. The second kappa shape index (κ2) is 8.33. The first kappa shape index (κ1) is 18.5. The molecule has 0 bridgehead atoms. The van der Waals surface area contributed by atoms with Gasteiger partial charge >= 0.3 is 0 Å². The zero-order valence-electron chi connectivity index (χ0n) is 15.0. The van der Waals surface area contributed by atoms with Crippen LogP contribution in [0.25, 0.3) is 0 Å². The minimum Gasteiger partial charge on any atom is -0.493 e. The van der Waals surface area contributed by atoms with Gasteiger partial charge in [0.25, 0.3) is 5.91 Å². The molecule has 1 atom stereocenters. The number of nitrogens with zero attached hydrogens (tertiary/aromatic N) is 1. The van der Waals surface area contributed by atoms with Gasteiger partial charge in [0.05, 0.1) is 7.11 Å². The first-order valence-electron chi connectivity index (χ1n) is 8.20. The second-order valence-corrected chi connectivity index (χ2v) is 5.60. The molecule has 0 heterocycles. The largest absolute Gasteiger partial charge is 0.493 e. The highest BCUT2D eigenvalue weighted by Crippen LogP contribution is 2.29. The second-order valence-electron chi connectivity index (χ2n) is 5.60. The van der Waals surface area contributed by atoms with Crippen molar-refractivity contribution in [3.05, 3.63) is 54.1 Å². The van der Waals surface area contributed by atoms with E-state index in [4.69, 9.17) is 9.47 Å². The van der Waals surface area contributed by atoms with E-state index >= 15 is 0 Å². The van der Waals surface area contributed by atoms with Gasteiger partial charge in [0.2, 0.25) is 0 Å². The quantitative estimate of drug-likeness (QED) is 0.720. The number of carbonyl (C=O) groups is 2. The Labute approximate surface area is 148 Å². The number of hydrogen-bond acceptors (Lipinski definition) is 4. The van der Waals surface area contributed by atoms with Gasteiger partial charge in [-0.3, -0.25) is 9.59 Å². The third-order valence-corrected chi connectivity index (χ3v) is 3.87. The zero-order valence-corrected chi connectivity index (χ0v) is 15.0. The third-order valence-electron chi connectivity index (χ3n) is 3.87. The molecule has 0 unspecified atom stereocenters. The molecular weight excluding hydrogens is 318 g/mol. The predicted octanol–water partition coefficient (Wildman–Crippen LogP) is 3.72. The first-order chi connectivity index (χ1) is 12.0. The Hall–Kier alpha value is -2.82. The molecule has 0 aliphatic rings. The number of anilines is 1. The van der Waals surface area contributed by atoms with E-state index in [1.165, 1.54) is 14.0 Å². The van der Waals surface area contributed by atoms with E-state index in [-0.39, 0.29) is 11.7 Å². The number of hydrogen-bond donors (Lipinski definition) is 0. The predicted molar refractivity (Wildman–Crippen MR) is 97.6 cm³/mol. The van der Waals surface area contributed by atoms with Crippen LogP contribution in [-0.2, 0) is 4.79 Å². The molecule has 0 aliphatic heterocycles. The maximum absolute atomic E-state index is 12.8. The van der Waals surface area contributed by atoms with Gasteiger partial charge in [0, 0.05) is 17.8 Å². The van der Waals surface area contributed by atoms with Crippen molar-refractivity contribution in [3.63, 3.8) is 0 Å². The topological polar surface area (TPSA) is 55.8 Å². The summed E-state index contributed by atoms with van der Waals surface area (Å²) in [6.07, 6.45) is -0.697. The normalized spacial score (nSPS) is 11.5. The van der Waals surface area contributed by atoms with E-state index in [0.717, 1.165) is 5.69 Å². The van der Waals surface area contributed by atoms with Crippen LogP contribution in [0, 0.1) is 0 Å². The Morgan fingerprint density at radius 1 is 1.08 bits per heavy atom. The first-order valence-corrected chi connectivity index (χ1v) is 8.20. The highest BCUT2D eigenvalue weighted by Gasteiger charge is 2.23. The zero-order chi connectivity index (χ0) is 18.4. The number of carbonyl (C=O) groups excluding carboxylic acids is 2. The van der Waals surface area contributed by atoms with Crippen molar-refractivity contribution >= 4 is 17.4 Å². The lowest BCUT2D eigenvalue weighted by Gasteiger charge is -2.25. The number of rotatable bonds is 7. The van der Waals surface area contributed by atoms with E-state index in [9.17, 15) is 9.59 Å². The van der Waals surface area contributed by atoms with E-state index in [2.05, 4.69) is 0 Å². The van der Waals surface area contributed by atoms with Gasteiger partial charge in [-0.25, -0.2) is 0 Å². The summed E-state index contributed by atoms with van der Waals surface area (Å²) in [6.45, 7) is 5.64. The summed E-state index contributed by atoms with van der Waals surface area (Å²) in [7, 11) is 1.50. The molecule has 132 valence electrons. The molecule has 5 nitrogen and oxygen atoms in total. The van der Waals surface area contributed by atoms with E-state index < -0.39 is 6.10 Å². The number of ether oxygens (including phenoxy) is 2. The van der Waals surface area contributed by atoms with Crippen LogP contribution in [0.5, 0.6) is 11.5 Å². The maximum atomic E-state index is 12.8. The van der Waals surface area contributed by atoms with Crippen LogP contribution >= 0.6 is 0 Å². The van der Waals surface area contributed by atoms with Crippen molar-refractivity contribution in [3.8, 4) is 11.5 Å². The van der Waals surface area contributed by atoms with Crippen LogP contribution in [0.4, 0.5) is 5.69 Å². The summed E-state index contributed by atoms with van der Waals surface area (Å²) < 4.78 is 11.1. The lowest BCUT2D eigenvalue weighted by molar-refractivity contribution is -0.124. The van der Waals surface area contributed by atoms with Crippen LogP contribution in [0.15, 0.2) is 48.5 Å². The van der Waals surface area contributed by atoms with Gasteiger partial charge in [0.15, 0.2) is 23.4 Å². The molecule has 2 aromatic carbocycles. The van der Waals surface area contributed by atoms with Crippen molar-refractivity contribution < 1.29 is 19.1 Å². The molecule has 0 radical (unpaired) electrons. The van der Waals surface area contributed by atoms with Gasteiger partial charge in [-0.1, -0.05) is 18.2 Å². The Morgan fingerprint density at radius 2 is 1.76 bits per heavy atom. The summed E-state index contributed by atoms with van der Waals surface area (Å²) in [5.41, 5.74) is 1.35. The molecule has 0 aromatic heterocycles. The molecule has 0 saturated heterocycles. The Morgan fingerprint density at radius 3 is 2.32 bits per heavy atom. The minimum absolute atomic E-state index is 0.0600. The molecule has 1 amide bonds. The Bertz CT molecular complexity index is 743. The summed E-state index contributed by atoms with van der Waals surface area (Å²) >= 11 is 0. The number of methoxy groups -OCH3 is 1. The lowest BCUT2D eigenvalue weighted by Crippen LogP contribution is -2.40. The molecule has 0 aliphatic carbocycles. The van der Waals surface area contributed by atoms with Gasteiger partial charge in [0.1, 0.15) is 0 Å². The fourth-order valence-electron chi connectivity index (χ4n) is 2.52. The monoisotopic (exact) mass is 341 g/mol. The number of amides is 1. The average molecular weight is 341 g/mol. The van der Waals surface area contributed by atoms with Crippen LogP contribution in [0.3, 0.4) is 0 Å². The van der Waals surface area contributed by atoms with Crippen molar-refractivity contribution in [1.29, 1.82) is 0 Å². The van der Waals surface area contributed by atoms with Crippen molar-refractivity contribution in [2.75, 3.05) is 18.6 Å². The number of para-hydroxylation sites is 1. The highest BCUT2D eigenvalue weighted by atomic mass is 16.5. The van der Waals surface area contributed by atoms with Crippen molar-refractivity contribution in [1.82, 2.24) is 0 Å². The highest BCUT2D eigenvalue weighted by molar-refractivity contribution is 5.97. The molecular formula is C20H23NO4. The smallest absolute Gasteiger partial charge is 0.267 e. The summed E-state index contributed by atoms with van der Waals surface area (Å²) in [6, 6.07) is 14.4. The van der Waals surface area contributed by atoms with E-state index in [1.54, 1.807) is 30.0 Å². The van der Waals surface area contributed by atoms with Gasteiger partial charge in [-0.2, -0.15) is 0 Å². The third kappa shape index (κ3) is 4.38. The van der Waals surface area contributed by atoms with Gasteiger partial charge < -0.3 is 14.4 Å². The van der Waals surface area contributed by atoms with Gasteiger partial charge in [-0.15, -0.1) is 0 Å². The van der Waals surface area contributed by atoms with Crippen LogP contribution in [-0.4, -0.2) is 31.4 Å². The van der Waals surface area contributed by atoms with E-state index in [1.807, 2.05) is 37.3 Å². The van der Waals surface area contributed by atoms with Crippen molar-refractivity contribution in [2.45, 2.75) is 26.9 Å². The van der Waals surface area contributed by atoms with Crippen LogP contribution in [0.2, 0.25) is 0 Å². The van der Waals surface area contributed by atoms with Crippen LogP contribution < -0.4 is 14.4 Å². The maximum Gasteiger partial charge on any atom is 0.267 e. The summed E-state index contributed by atoms with van der Waals surface area (Å²) in [5, 5.41) is 0. The molecule has 2 rings (SSSR count). The Balaban J connectivity index is 2.19.